The number of nitrogen functional groups attached to an aromatic ring is 1. The third-order valence-electron chi connectivity index (χ3n) is 1.20. The lowest BCUT2D eigenvalue weighted by molar-refractivity contribution is 1.50. The summed E-state index contributed by atoms with van der Waals surface area (Å²) in [5.41, 5.74) is 6.92. The Balaban J connectivity index is 0.000000561. The van der Waals surface area contributed by atoms with E-state index in [-0.39, 0.29) is 0 Å². The van der Waals surface area contributed by atoms with Gasteiger partial charge in [0.15, 0.2) is 0 Å². The van der Waals surface area contributed by atoms with E-state index in [1.165, 1.54) is 0 Å². The van der Waals surface area contributed by atoms with Gasteiger partial charge in [-0.1, -0.05) is 32.0 Å². The maximum absolute atomic E-state index is 7.21. The molecule has 0 radical (unpaired) electrons. The predicted octanol–water partition coefficient (Wildman–Crippen LogP) is 3.02. The molecule has 0 aliphatic carbocycles. The molecule has 12 heavy (non-hydrogen) atoms. The Labute approximate surface area is 81.4 Å². The quantitative estimate of drug-likeness (QED) is 0.564. The van der Waals surface area contributed by atoms with Crippen molar-refractivity contribution in [3.8, 4) is 0 Å². The van der Waals surface area contributed by atoms with Crippen molar-refractivity contribution < 1.29 is 0 Å². The molecular formula is C9H13BrN2. The molecule has 66 valence electrons. The first kappa shape index (κ1) is 11.2. The number of halogens is 1. The molecule has 0 amide bonds. The van der Waals surface area contributed by atoms with Gasteiger partial charge in [-0.05, 0) is 22.0 Å². The topological polar surface area (TPSA) is 49.9 Å². The van der Waals surface area contributed by atoms with Crippen LogP contribution in [0.5, 0.6) is 0 Å². The van der Waals surface area contributed by atoms with Crippen LogP contribution >= 0.6 is 15.9 Å². The number of nitrogens with two attached hydrogens (primary N) is 1. The van der Waals surface area contributed by atoms with Gasteiger partial charge in [-0.2, -0.15) is 0 Å². The second kappa shape index (κ2) is 5.77. The van der Waals surface area contributed by atoms with Gasteiger partial charge in [0.05, 0.1) is 0 Å². The van der Waals surface area contributed by atoms with E-state index >= 15 is 0 Å². The summed E-state index contributed by atoms with van der Waals surface area (Å²) < 4.78 is 0.325. The molecule has 0 heterocycles. The minimum atomic E-state index is 0.325. The molecular weight excluding hydrogens is 216 g/mol. The minimum absolute atomic E-state index is 0.325. The normalized spacial score (nSPS) is 8.25. The molecule has 1 aromatic rings. The average Bonchev–Trinajstić information content (AvgIpc) is 2.08. The summed E-state index contributed by atoms with van der Waals surface area (Å²) in [6, 6.07) is 7.26. The summed E-state index contributed by atoms with van der Waals surface area (Å²) in [4.78, 5) is 0. The van der Waals surface area contributed by atoms with E-state index in [1.807, 2.05) is 26.0 Å². The van der Waals surface area contributed by atoms with E-state index in [4.69, 9.17) is 11.1 Å². The molecule has 0 saturated carbocycles. The maximum Gasteiger partial charge on any atom is 0.106 e. The van der Waals surface area contributed by atoms with E-state index < -0.39 is 0 Å². The molecule has 3 N–H and O–H groups in total. The van der Waals surface area contributed by atoms with Gasteiger partial charge >= 0.3 is 0 Å². The number of nitrogens with one attached hydrogen (secondary N) is 1. The van der Waals surface area contributed by atoms with Crippen LogP contribution in [0.15, 0.2) is 24.3 Å². The highest BCUT2D eigenvalue weighted by Gasteiger charge is 1.98. The molecule has 0 aliphatic rings. The van der Waals surface area contributed by atoms with Gasteiger partial charge in [-0.25, -0.2) is 0 Å². The molecule has 2 nitrogen and oxygen atoms in total. The Morgan fingerprint density at radius 1 is 1.33 bits per heavy atom. The second-order valence-corrected chi connectivity index (χ2v) is 2.69. The van der Waals surface area contributed by atoms with E-state index in [2.05, 4.69) is 15.9 Å². The van der Waals surface area contributed by atoms with E-state index in [1.54, 1.807) is 12.1 Å². The molecule has 1 rings (SSSR count). The predicted molar refractivity (Wildman–Crippen MR) is 58.0 cm³/mol. The zero-order valence-corrected chi connectivity index (χ0v) is 8.85. The van der Waals surface area contributed by atoms with Crippen molar-refractivity contribution in [2.24, 2.45) is 0 Å². The smallest absolute Gasteiger partial charge is 0.106 e. The Bertz CT molecular complexity index is 258. The number of benzene rings is 1. The molecule has 0 fully saturated rings. The van der Waals surface area contributed by atoms with Crippen molar-refractivity contribution in [3.05, 3.63) is 29.8 Å². The Kier molecular flexibility index (Phi) is 5.37. The van der Waals surface area contributed by atoms with Crippen LogP contribution in [0.3, 0.4) is 0 Å². The summed E-state index contributed by atoms with van der Waals surface area (Å²) in [6.45, 7) is 4.00. The Hall–Kier alpha value is -0.830. The van der Waals surface area contributed by atoms with Gasteiger partial charge in [0.25, 0.3) is 0 Å². The number of para-hydroxylation sites is 1. The summed E-state index contributed by atoms with van der Waals surface area (Å²) in [5, 5.41) is 7.21. The van der Waals surface area contributed by atoms with Crippen LogP contribution in [0.2, 0.25) is 0 Å². The molecule has 3 heteroatoms. The van der Waals surface area contributed by atoms with Crippen LogP contribution in [0, 0.1) is 5.41 Å². The van der Waals surface area contributed by atoms with Crippen LogP contribution in [-0.4, -0.2) is 4.62 Å². The van der Waals surface area contributed by atoms with Crippen molar-refractivity contribution in [1.29, 1.82) is 5.41 Å². The van der Waals surface area contributed by atoms with Gasteiger partial charge < -0.3 is 5.73 Å². The summed E-state index contributed by atoms with van der Waals surface area (Å²) in [6.07, 6.45) is 0. The summed E-state index contributed by atoms with van der Waals surface area (Å²) in [5.74, 6) is 0. The minimum Gasteiger partial charge on any atom is -0.398 e. The van der Waals surface area contributed by atoms with Crippen molar-refractivity contribution in [2.45, 2.75) is 13.8 Å². The van der Waals surface area contributed by atoms with Gasteiger partial charge in [-0.3, -0.25) is 5.41 Å². The zero-order chi connectivity index (χ0) is 9.56. The van der Waals surface area contributed by atoms with E-state index in [9.17, 15) is 0 Å². The Morgan fingerprint density at radius 3 is 2.17 bits per heavy atom. The first-order valence-electron chi connectivity index (χ1n) is 3.81. The van der Waals surface area contributed by atoms with E-state index in [0.29, 0.717) is 10.3 Å². The molecule has 0 atom stereocenters. The van der Waals surface area contributed by atoms with Crippen molar-refractivity contribution in [3.63, 3.8) is 0 Å². The largest absolute Gasteiger partial charge is 0.398 e. The summed E-state index contributed by atoms with van der Waals surface area (Å²) in [7, 11) is 0. The van der Waals surface area contributed by atoms with Crippen molar-refractivity contribution >= 4 is 26.2 Å². The molecule has 0 aromatic heterocycles. The fourth-order valence-electron chi connectivity index (χ4n) is 0.697. The van der Waals surface area contributed by atoms with Crippen LogP contribution in [-0.2, 0) is 0 Å². The first-order chi connectivity index (χ1) is 5.72. The monoisotopic (exact) mass is 228 g/mol. The lowest BCUT2D eigenvalue weighted by Gasteiger charge is -1.98. The number of anilines is 1. The molecule has 0 unspecified atom stereocenters. The van der Waals surface area contributed by atoms with Crippen LogP contribution in [0.4, 0.5) is 5.69 Å². The number of hydrogen-bond donors (Lipinski definition) is 2. The van der Waals surface area contributed by atoms with Gasteiger partial charge in [0, 0.05) is 11.3 Å². The molecule has 1 aromatic carbocycles. The average molecular weight is 229 g/mol. The fourth-order valence-corrected chi connectivity index (χ4v) is 1.06. The maximum atomic E-state index is 7.21. The second-order valence-electron chi connectivity index (χ2n) is 1.90. The van der Waals surface area contributed by atoms with Gasteiger partial charge in [0.2, 0.25) is 0 Å². The Morgan fingerprint density at radius 2 is 1.83 bits per heavy atom. The first-order valence-corrected chi connectivity index (χ1v) is 4.60. The SMILES string of the molecule is CC.N=C(Br)c1ccccc1N. The summed E-state index contributed by atoms with van der Waals surface area (Å²) >= 11 is 3.04. The highest BCUT2D eigenvalue weighted by Crippen LogP contribution is 2.13. The third kappa shape index (κ3) is 3.05. The lowest BCUT2D eigenvalue weighted by Crippen LogP contribution is -1.95. The van der Waals surface area contributed by atoms with Crippen LogP contribution in [0.1, 0.15) is 19.4 Å². The van der Waals surface area contributed by atoms with Crippen molar-refractivity contribution in [1.82, 2.24) is 0 Å². The standard InChI is InChI=1S/C7H7BrN2.C2H6/c8-7(10)5-3-1-2-4-6(5)9;1-2/h1-4,10H,9H2;1-2H3. The molecule has 0 spiro atoms. The highest BCUT2D eigenvalue weighted by atomic mass is 79.9. The van der Waals surface area contributed by atoms with Gasteiger partial charge in [-0.15, -0.1) is 0 Å². The van der Waals surface area contributed by atoms with Crippen LogP contribution < -0.4 is 5.73 Å². The van der Waals surface area contributed by atoms with Crippen LogP contribution in [0.25, 0.3) is 0 Å². The fraction of sp³-hybridized carbons (Fsp3) is 0.222. The highest BCUT2D eigenvalue weighted by molar-refractivity contribution is 9.18. The van der Waals surface area contributed by atoms with Crippen molar-refractivity contribution in [2.75, 3.05) is 5.73 Å². The molecule has 0 aliphatic heterocycles. The molecule has 0 saturated heterocycles. The lowest BCUT2D eigenvalue weighted by atomic mass is 10.2. The zero-order valence-electron chi connectivity index (χ0n) is 7.26. The van der Waals surface area contributed by atoms with Gasteiger partial charge in [0.1, 0.15) is 4.62 Å². The number of rotatable bonds is 1. The third-order valence-corrected chi connectivity index (χ3v) is 1.62. The number of hydrogen-bond acceptors (Lipinski definition) is 2. The molecule has 0 bridgehead atoms. The van der Waals surface area contributed by atoms with E-state index in [0.717, 1.165) is 5.56 Å².